The number of nitrogens with zero attached hydrogens (tertiary/aromatic N) is 1. The van der Waals surface area contributed by atoms with E-state index >= 15 is 0 Å². The van der Waals surface area contributed by atoms with Crippen LogP contribution >= 0.6 is 11.6 Å². The number of benzene rings is 2. The lowest BCUT2D eigenvalue weighted by atomic mass is 10.1. The van der Waals surface area contributed by atoms with Gasteiger partial charge in [0.25, 0.3) is 5.91 Å². The van der Waals surface area contributed by atoms with Gasteiger partial charge in [0.15, 0.2) is 0 Å². The second-order valence-corrected chi connectivity index (χ2v) is 7.18. The molecule has 2 aromatic rings. The summed E-state index contributed by atoms with van der Waals surface area (Å²) in [6.45, 7) is 3.98. The zero-order valence-corrected chi connectivity index (χ0v) is 16.0. The van der Waals surface area contributed by atoms with Crippen LogP contribution in [0.3, 0.4) is 0 Å². The monoisotopic (exact) mass is 388 g/mol. The summed E-state index contributed by atoms with van der Waals surface area (Å²) < 4.78 is 5.71. The van der Waals surface area contributed by atoms with Gasteiger partial charge in [0.1, 0.15) is 11.5 Å². The standard InChI is InChI=1S/C21H25ClN2O3/c22-16-6-4-7-17(14-16)23-21(26)19-9-8-18(15-20(19)25)27-13-5-12-24-10-2-1-3-11-24/h4,6-9,14-15,25H,1-3,5,10-13H2,(H,23,26). The molecule has 0 bridgehead atoms. The lowest BCUT2D eigenvalue weighted by Gasteiger charge is -2.26. The topological polar surface area (TPSA) is 61.8 Å². The Morgan fingerprint density at radius 1 is 1.15 bits per heavy atom. The number of carbonyl (C=O) groups excluding carboxylic acids is 1. The summed E-state index contributed by atoms with van der Waals surface area (Å²) in [7, 11) is 0. The Hall–Kier alpha value is -2.24. The molecule has 144 valence electrons. The first-order valence-corrected chi connectivity index (χ1v) is 9.75. The van der Waals surface area contributed by atoms with Crippen LogP contribution in [0.4, 0.5) is 5.69 Å². The summed E-state index contributed by atoms with van der Waals surface area (Å²) in [4.78, 5) is 14.8. The molecule has 0 atom stereocenters. The number of anilines is 1. The lowest BCUT2D eigenvalue weighted by Crippen LogP contribution is -2.31. The maximum Gasteiger partial charge on any atom is 0.259 e. The number of ether oxygens (including phenoxy) is 1. The molecule has 3 rings (SSSR count). The van der Waals surface area contributed by atoms with Crippen LogP contribution in [-0.4, -0.2) is 42.2 Å². The van der Waals surface area contributed by atoms with Crippen molar-refractivity contribution in [3.8, 4) is 11.5 Å². The average Bonchev–Trinajstić information content (AvgIpc) is 2.66. The van der Waals surface area contributed by atoms with E-state index in [-0.39, 0.29) is 11.3 Å². The fourth-order valence-electron chi connectivity index (χ4n) is 3.22. The predicted molar refractivity (Wildman–Crippen MR) is 108 cm³/mol. The number of piperidine rings is 1. The highest BCUT2D eigenvalue weighted by Gasteiger charge is 2.13. The molecule has 0 unspecified atom stereocenters. The van der Waals surface area contributed by atoms with Crippen molar-refractivity contribution in [2.24, 2.45) is 0 Å². The molecule has 1 saturated heterocycles. The number of hydrogen-bond acceptors (Lipinski definition) is 4. The Morgan fingerprint density at radius 2 is 1.96 bits per heavy atom. The largest absolute Gasteiger partial charge is 0.507 e. The highest BCUT2D eigenvalue weighted by Crippen LogP contribution is 2.25. The smallest absolute Gasteiger partial charge is 0.259 e. The number of amides is 1. The molecule has 1 fully saturated rings. The molecule has 0 aliphatic carbocycles. The van der Waals surface area contributed by atoms with E-state index in [0.717, 1.165) is 13.0 Å². The lowest BCUT2D eigenvalue weighted by molar-refractivity contribution is 0.102. The third kappa shape index (κ3) is 5.88. The number of nitrogens with one attached hydrogen (secondary N) is 1. The van der Waals surface area contributed by atoms with Gasteiger partial charge >= 0.3 is 0 Å². The summed E-state index contributed by atoms with van der Waals surface area (Å²) in [5, 5.41) is 13.4. The first-order valence-electron chi connectivity index (χ1n) is 9.37. The second-order valence-electron chi connectivity index (χ2n) is 6.75. The fraction of sp³-hybridized carbons (Fsp3) is 0.381. The van der Waals surface area contributed by atoms with Gasteiger partial charge in [0.2, 0.25) is 0 Å². The highest BCUT2D eigenvalue weighted by atomic mass is 35.5. The van der Waals surface area contributed by atoms with Crippen molar-refractivity contribution in [3.05, 3.63) is 53.1 Å². The Labute approximate surface area is 164 Å². The summed E-state index contributed by atoms with van der Waals surface area (Å²) in [6, 6.07) is 11.6. The van der Waals surface area contributed by atoms with Crippen molar-refractivity contribution in [1.82, 2.24) is 4.90 Å². The second kappa shape index (κ2) is 9.62. The van der Waals surface area contributed by atoms with Crippen LogP contribution in [0.15, 0.2) is 42.5 Å². The van der Waals surface area contributed by atoms with E-state index in [2.05, 4.69) is 10.2 Å². The number of hydrogen-bond donors (Lipinski definition) is 2. The maximum atomic E-state index is 12.3. The number of aromatic hydroxyl groups is 1. The van der Waals surface area contributed by atoms with E-state index < -0.39 is 5.91 Å². The summed E-state index contributed by atoms with van der Waals surface area (Å²) in [6.07, 6.45) is 4.85. The van der Waals surface area contributed by atoms with Crippen molar-refractivity contribution in [2.45, 2.75) is 25.7 Å². The third-order valence-electron chi connectivity index (χ3n) is 4.63. The van der Waals surface area contributed by atoms with Gasteiger partial charge in [-0.05, 0) is 62.7 Å². The van der Waals surface area contributed by atoms with Crippen LogP contribution < -0.4 is 10.1 Å². The zero-order chi connectivity index (χ0) is 19.1. The minimum atomic E-state index is -0.397. The predicted octanol–water partition coefficient (Wildman–Crippen LogP) is 4.55. The van der Waals surface area contributed by atoms with Gasteiger partial charge in [-0.2, -0.15) is 0 Å². The number of carbonyl (C=O) groups is 1. The maximum absolute atomic E-state index is 12.3. The Balaban J connectivity index is 1.49. The van der Waals surface area contributed by atoms with Gasteiger partial charge in [-0.15, -0.1) is 0 Å². The Bertz CT molecular complexity index is 776. The van der Waals surface area contributed by atoms with E-state index in [4.69, 9.17) is 16.3 Å². The van der Waals surface area contributed by atoms with Gasteiger partial charge < -0.3 is 20.1 Å². The van der Waals surface area contributed by atoms with E-state index in [1.165, 1.54) is 38.4 Å². The highest BCUT2D eigenvalue weighted by molar-refractivity contribution is 6.31. The van der Waals surface area contributed by atoms with Crippen LogP contribution in [0.5, 0.6) is 11.5 Å². The van der Waals surface area contributed by atoms with Gasteiger partial charge in [-0.3, -0.25) is 4.79 Å². The number of phenolic OH excluding ortho intramolecular Hbond substituents is 1. The van der Waals surface area contributed by atoms with Gasteiger partial charge in [0, 0.05) is 23.3 Å². The number of phenols is 1. The molecule has 0 spiro atoms. The minimum Gasteiger partial charge on any atom is -0.507 e. The first-order chi connectivity index (χ1) is 13.1. The molecule has 2 aromatic carbocycles. The van der Waals surface area contributed by atoms with Crippen molar-refractivity contribution >= 4 is 23.2 Å². The van der Waals surface area contributed by atoms with Crippen LogP contribution in [0.1, 0.15) is 36.0 Å². The van der Waals surface area contributed by atoms with Crippen molar-refractivity contribution in [2.75, 3.05) is 31.6 Å². The number of halogens is 1. The fourth-order valence-corrected chi connectivity index (χ4v) is 3.41. The summed E-state index contributed by atoms with van der Waals surface area (Å²) in [5.41, 5.74) is 0.764. The molecular weight excluding hydrogens is 364 g/mol. The molecule has 0 aromatic heterocycles. The number of likely N-dealkylation sites (tertiary alicyclic amines) is 1. The first kappa shape index (κ1) is 19.5. The quantitative estimate of drug-likeness (QED) is 0.683. The molecule has 1 aliphatic heterocycles. The molecule has 0 radical (unpaired) electrons. The molecular formula is C21H25ClN2O3. The molecule has 1 aliphatic rings. The molecule has 1 heterocycles. The molecule has 5 nitrogen and oxygen atoms in total. The number of rotatable bonds is 7. The Kier molecular flexibility index (Phi) is 6.96. The van der Waals surface area contributed by atoms with Crippen LogP contribution in [0.25, 0.3) is 0 Å². The zero-order valence-electron chi connectivity index (χ0n) is 15.3. The van der Waals surface area contributed by atoms with E-state index in [1.54, 1.807) is 36.4 Å². The average molecular weight is 389 g/mol. The van der Waals surface area contributed by atoms with Crippen LogP contribution in [-0.2, 0) is 0 Å². The molecule has 6 heteroatoms. The van der Waals surface area contributed by atoms with E-state index in [1.807, 2.05) is 0 Å². The van der Waals surface area contributed by atoms with Crippen molar-refractivity contribution < 1.29 is 14.6 Å². The van der Waals surface area contributed by atoms with Crippen LogP contribution in [0.2, 0.25) is 5.02 Å². The van der Waals surface area contributed by atoms with Crippen LogP contribution in [0, 0.1) is 0 Å². The SMILES string of the molecule is O=C(Nc1cccc(Cl)c1)c1ccc(OCCCN2CCCCC2)cc1O. The molecule has 0 saturated carbocycles. The van der Waals surface area contributed by atoms with E-state index in [0.29, 0.717) is 23.1 Å². The van der Waals surface area contributed by atoms with E-state index in [9.17, 15) is 9.90 Å². The van der Waals surface area contributed by atoms with Gasteiger partial charge in [0.05, 0.1) is 12.2 Å². The molecule has 1 amide bonds. The minimum absolute atomic E-state index is 0.108. The van der Waals surface area contributed by atoms with Crippen molar-refractivity contribution in [1.29, 1.82) is 0 Å². The van der Waals surface area contributed by atoms with Gasteiger partial charge in [-0.25, -0.2) is 0 Å². The summed E-state index contributed by atoms with van der Waals surface area (Å²) in [5.74, 6) is 0.0555. The Morgan fingerprint density at radius 3 is 2.70 bits per heavy atom. The molecule has 27 heavy (non-hydrogen) atoms. The normalized spacial score (nSPS) is 14.7. The van der Waals surface area contributed by atoms with Gasteiger partial charge in [-0.1, -0.05) is 24.1 Å². The third-order valence-corrected chi connectivity index (χ3v) is 4.87. The van der Waals surface area contributed by atoms with Crippen molar-refractivity contribution in [3.63, 3.8) is 0 Å². The molecule has 2 N–H and O–H groups in total. The summed E-state index contributed by atoms with van der Waals surface area (Å²) >= 11 is 5.92.